The monoisotopic (exact) mass is 246 g/mol. The second kappa shape index (κ2) is 7.17. The number of nitrogens with one attached hydrogen (secondary N) is 1. The third kappa shape index (κ3) is 3.84. The van der Waals surface area contributed by atoms with E-state index in [-0.39, 0.29) is 0 Å². The van der Waals surface area contributed by atoms with E-state index in [1.54, 1.807) is 0 Å². The summed E-state index contributed by atoms with van der Waals surface area (Å²) in [4.78, 5) is 4.16. The minimum atomic E-state index is 0.440. The Labute approximate surface area is 109 Å². The summed E-state index contributed by atoms with van der Waals surface area (Å²) in [5.74, 6) is 0. The van der Waals surface area contributed by atoms with Gasteiger partial charge in [0.2, 0.25) is 0 Å². The van der Waals surface area contributed by atoms with Crippen LogP contribution in [0.5, 0.6) is 0 Å². The Kier molecular flexibility index (Phi) is 5.21. The van der Waals surface area contributed by atoms with Crippen LogP contribution in [0.1, 0.15) is 31.7 Å². The molecule has 0 amide bonds. The van der Waals surface area contributed by atoms with Crippen LogP contribution in [-0.4, -0.2) is 24.2 Å². The molecule has 0 saturated heterocycles. The van der Waals surface area contributed by atoms with Crippen molar-refractivity contribution in [3.05, 3.63) is 41.9 Å². The van der Waals surface area contributed by atoms with Gasteiger partial charge in [-0.05, 0) is 49.4 Å². The molecule has 3 nitrogen and oxygen atoms in total. The number of ether oxygens (including phenoxy) is 1. The van der Waals surface area contributed by atoms with Crippen molar-refractivity contribution in [3.63, 3.8) is 0 Å². The highest BCUT2D eigenvalue weighted by molar-refractivity contribution is 5.13. The van der Waals surface area contributed by atoms with Gasteiger partial charge in [0.1, 0.15) is 0 Å². The summed E-state index contributed by atoms with van der Waals surface area (Å²) in [5.41, 5.74) is 2.71. The molecule has 1 unspecified atom stereocenters. The minimum Gasteiger partial charge on any atom is -0.501 e. The van der Waals surface area contributed by atoms with Crippen LogP contribution in [-0.2, 0) is 11.2 Å². The van der Waals surface area contributed by atoms with E-state index >= 15 is 0 Å². The zero-order chi connectivity index (χ0) is 12.6. The van der Waals surface area contributed by atoms with Gasteiger partial charge in [0.15, 0.2) is 0 Å². The van der Waals surface area contributed by atoms with E-state index in [1.165, 1.54) is 11.1 Å². The van der Waals surface area contributed by atoms with Gasteiger partial charge in [-0.25, -0.2) is 0 Å². The topological polar surface area (TPSA) is 34.2 Å². The molecule has 2 heterocycles. The fourth-order valence-corrected chi connectivity index (χ4v) is 2.36. The van der Waals surface area contributed by atoms with Crippen LogP contribution in [0.3, 0.4) is 0 Å². The van der Waals surface area contributed by atoms with E-state index in [1.807, 2.05) is 24.7 Å². The Balaban J connectivity index is 1.91. The molecule has 1 aliphatic heterocycles. The summed E-state index contributed by atoms with van der Waals surface area (Å²) in [6, 6.07) is 4.58. The minimum absolute atomic E-state index is 0.440. The second-order valence-electron chi connectivity index (χ2n) is 4.68. The number of aryl methyl sites for hydroxylation is 1. The molecule has 0 aliphatic carbocycles. The summed E-state index contributed by atoms with van der Waals surface area (Å²) in [6.07, 6.45) is 10.2. The number of nitrogens with zero attached hydrogens (tertiary/aromatic N) is 1. The molecular formula is C15H22N2O. The number of hydrogen-bond donors (Lipinski definition) is 1. The van der Waals surface area contributed by atoms with Gasteiger partial charge in [0.25, 0.3) is 0 Å². The highest BCUT2D eigenvalue weighted by Crippen LogP contribution is 2.19. The number of likely N-dealkylation sites (N-methyl/N-ethyl adjacent to an activating group) is 1. The smallest absolute Gasteiger partial charge is 0.0876 e. The Bertz CT molecular complexity index is 375. The van der Waals surface area contributed by atoms with Gasteiger partial charge in [0.05, 0.1) is 12.9 Å². The van der Waals surface area contributed by atoms with Crippen LogP contribution in [0.2, 0.25) is 0 Å². The summed E-state index contributed by atoms with van der Waals surface area (Å²) >= 11 is 0. The van der Waals surface area contributed by atoms with Crippen LogP contribution in [0.15, 0.2) is 36.4 Å². The zero-order valence-corrected chi connectivity index (χ0v) is 11.1. The van der Waals surface area contributed by atoms with Crippen molar-refractivity contribution in [3.8, 4) is 0 Å². The Hall–Kier alpha value is -1.35. The molecule has 0 spiro atoms. The van der Waals surface area contributed by atoms with Crippen molar-refractivity contribution in [2.24, 2.45) is 0 Å². The van der Waals surface area contributed by atoms with Gasteiger partial charge in [-0.1, -0.05) is 13.0 Å². The third-order valence-electron chi connectivity index (χ3n) is 3.30. The molecule has 18 heavy (non-hydrogen) atoms. The van der Waals surface area contributed by atoms with Crippen LogP contribution in [0.25, 0.3) is 0 Å². The molecule has 1 atom stereocenters. The molecule has 0 saturated carbocycles. The van der Waals surface area contributed by atoms with Gasteiger partial charge in [-0.15, -0.1) is 0 Å². The first-order valence-electron chi connectivity index (χ1n) is 6.83. The van der Waals surface area contributed by atoms with Gasteiger partial charge in [-0.2, -0.15) is 0 Å². The average molecular weight is 246 g/mol. The van der Waals surface area contributed by atoms with Crippen molar-refractivity contribution in [1.29, 1.82) is 0 Å². The van der Waals surface area contributed by atoms with Gasteiger partial charge in [0, 0.05) is 18.4 Å². The van der Waals surface area contributed by atoms with Crippen molar-refractivity contribution in [1.82, 2.24) is 10.3 Å². The fourth-order valence-electron chi connectivity index (χ4n) is 2.36. The van der Waals surface area contributed by atoms with Gasteiger partial charge < -0.3 is 10.1 Å². The van der Waals surface area contributed by atoms with E-state index in [2.05, 4.69) is 23.3 Å². The maximum atomic E-state index is 5.45. The molecule has 98 valence electrons. The molecule has 0 bridgehead atoms. The molecule has 0 aromatic carbocycles. The number of aromatic nitrogens is 1. The first-order valence-corrected chi connectivity index (χ1v) is 6.83. The fraction of sp³-hybridized carbons (Fsp3) is 0.533. The Morgan fingerprint density at radius 3 is 3.11 bits per heavy atom. The standard InChI is InChI=1S/C15H22N2O/c1-2-17-15(14-6-4-10-18-12-14)8-7-13-5-3-9-16-11-13/h3,5,9,11-12,15,17H,2,4,6-8,10H2,1H3. The third-order valence-corrected chi connectivity index (χ3v) is 3.30. The molecule has 0 fully saturated rings. The van der Waals surface area contributed by atoms with Crippen molar-refractivity contribution in [2.45, 2.75) is 38.6 Å². The van der Waals surface area contributed by atoms with Crippen LogP contribution >= 0.6 is 0 Å². The summed E-state index contributed by atoms with van der Waals surface area (Å²) < 4.78 is 5.45. The predicted molar refractivity (Wildman–Crippen MR) is 73.3 cm³/mol. The van der Waals surface area contributed by atoms with E-state index in [0.717, 1.165) is 38.8 Å². The second-order valence-corrected chi connectivity index (χ2v) is 4.68. The first kappa shape index (κ1) is 13.1. The van der Waals surface area contributed by atoms with Crippen molar-refractivity contribution < 1.29 is 4.74 Å². The number of pyridine rings is 1. The van der Waals surface area contributed by atoms with Crippen molar-refractivity contribution in [2.75, 3.05) is 13.2 Å². The van der Waals surface area contributed by atoms with Crippen molar-refractivity contribution >= 4 is 0 Å². The summed E-state index contributed by atoms with van der Waals surface area (Å²) in [7, 11) is 0. The normalized spacial score (nSPS) is 16.8. The van der Waals surface area contributed by atoms with Gasteiger partial charge in [-0.3, -0.25) is 4.98 Å². The molecule has 1 aromatic rings. The zero-order valence-electron chi connectivity index (χ0n) is 11.1. The number of rotatable bonds is 6. The lowest BCUT2D eigenvalue weighted by molar-refractivity contribution is 0.218. The molecule has 2 rings (SSSR count). The molecule has 3 heteroatoms. The van der Waals surface area contributed by atoms with E-state index in [4.69, 9.17) is 4.74 Å². The van der Waals surface area contributed by atoms with E-state index < -0.39 is 0 Å². The molecular weight excluding hydrogens is 224 g/mol. The summed E-state index contributed by atoms with van der Waals surface area (Å²) in [5, 5.41) is 3.55. The molecule has 0 radical (unpaired) electrons. The predicted octanol–water partition coefficient (Wildman–Crippen LogP) is 2.69. The van der Waals surface area contributed by atoms with Crippen LogP contribution in [0.4, 0.5) is 0 Å². The molecule has 1 N–H and O–H groups in total. The highest BCUT2D eigenvalue weighted by atomic mass is 16.5. The Morgan fingerprint density at radius 1 is 1.50 bits per heavy atom. The number of hydrogen-bond acceptors (Lipinski definition) is 3. The lowest BCUT2D eigenvalue weighted by Gasteiger charge is -2.24. The average Bonchev–Trinajstić information content (AvgIpc) is 2.45. The van der Waals surface area contributed by atoms with E-state index in [9.17, 15) is 0 Å². The lowest BCUT2D eigenvalue weighted by Crippen LogP contribution is -2.32. The molecule has 1 aromatic heterocycles. The SMILES string of the molecule is CCNC(CCc1cccnc1)C1=COCCC1. The van der Waals surface area contributed by atoms with Crippen LogP contribution < -0.4 is 5.32 Å². The first-order chi connectivity index (χ1) is 8.90. The lowest BCUT2D eigenvalue weighted by atomic mass is 9.96. The van der Waals surface area contributed by atoms with Crippen LogP contribution in [0, 0.1) is 0 Å². The quantitative estimate of drug-likeness (QED) is 0.838. The Morgan fingerprint density at radius 2 is 2.44 bits per heavy atom. The highest BCUT2D eigenvalue weighted by Gasteiger charge is 2.16. The molecule has 1 aliphatic rings. The van der Waals surface area contributed by atoms with Gasteiger partial charge >= 0.3 is 0 Å². The maximum Gasteiger partial charge on any atom is 0.0876 e. The summed E-state index contributed by atoms with van der Waals surface area (Å²) in [6.45, 7) is 4.02. The van der Waals surface area contributed by atoms with E-state index in [0.29, 0.717) is 6.04 Å². The maximum absolute atomic E-state index is 5.45. The largest absolute Gasteiger partial charge is 0.501 e.